The fraction of sp³-hybridized carbons (Fsp3) is 0.526. The third-order valence-electron chi connectivity index (χ3n) is 5.27. The highest BCUT2D eigenvalue weighted by atomic mass is 16.8. The molecule has 2 saturated carbocycles. The Labute approximate surface area is 155 Å². The first-order valence-corrected chi connectivity index (χ1v) is 9.13. The number of aliphatic hydroxyl groups excluding tert-OH is 1. The Balaban J connectivity index is 1.49. The average Bonchev–Trinajstić information content (AvgIpc) is 3.22. The summed E-state index contributed by atoms with van der Waals surface area (Å²) in [6.45, 7) is 0. The number of ether oxygens (including phenoxy) is 4. The fourth-order valence-corrected chi connectivity index (χ4v) is 3.87. The van der Waals surface area contributed by atoms with E-state index in [1.165, 1.54) is 18.2 Å². The van der Waals surface area contributed by atoms with E-state index in [9.17, 15) is 19.5 Å². The van der Waals surface area contributed by atoms with Gasteiger partial charge in [0, 0.05) is 25.7 Å². The monoisotopic (exact) mass is 376 g/mol. The van der Waals surface area contributed by atoms with Crippen molar-refractivity contribution < 1.29 is 38.4 Å². The molecule has 0 bridgehead atoms. The van der Waals surface area contributed by atoms with Crippen LogP contribution in [-0.4, -0.2) is 34.6 Å². The topological polar surface area (TPSA) is 108 Å². The first-order chi connectivity index (χ1) is 12.9. The maximum atomic E-state index is 12.2. The van der Waals surface area contributed by atoms with Crippen molar-refractivity contribution in [2.24, 2.45) is 0 Å². The number of rotatable bonds is 2. The molecular weight excluding hydrogens is 356 g/mol. The number of esters is 3. The zero-order valence-electron chi connectivity index (χ0n) is 14.7. The van der Waals surface area contributed by atoms with Crippen LogP contribution in [0.5, 0.6) is 0 Å². The SMILES string of the molecule is O=C1OC2(CCCC2)OC(=O)C1=C/C=C/C1=C(O)OC2(CCCC2)OC1=O. The molecule has 144 valence electrons. The number of hydrogen-bond donors (Lipinski definition) is 1. The van der Waals surface area contributed by atoms with Crippen molar-refractivity contribution in [3.05, 3.63) is 35.3 Å². The molecule has 0 unspecified atom stereocenters. The van der Waals surface area contributed by atoms with Crippen molar-refractivity contribution in [1.82, 2.24) is 0 Å². The summed E-state index contributed by atoms with van der Waals surface area (Å²) in [6.07, 6.45) is 9.09. The van der Waals surface area contributed by atoms with Crippen LogP contribution in [0.4, 0.5) is 0 Å². The van der Waals surface area contributed by atoms with Crippen molar-refractivity contribution in [2.45, 2.75) is 62.9 Å². The molecule has 2 spiro atoms. The predicted molar refractivity (Wildman–Crippen MR) is 88.6 cm³/mol. The molecule has 4 aliphatic rings. The summed E-state index contributed by atoms with van der Waals surface area (Å²) in [6, 6.07) is 0. The molecule has 3 fully saturated rings. The predicted octanol–water partition coefficient (Wildman–Crippen LogP) is 2.45. The minimum Gasteiger partial charge on any atom is -0.480 e. The summed E-state index contributed by atoms with van der Waals surface area (Å²) < 4.78 is 21.3. The van der Waals surface area contributed by atoms with Gasteiger partial charge in [0.2, 0.25) is 0 Å². The molecule has 0 radical (unpaired) electrons. The van der Waals surface area contributed by atoms with Gasteiger partial charge >= 0.3 is 17.9 Å². The van der Waals surface area contributed by atoms with E-state index in [2.05, 4.69) is 0 Å². The van der Waals surface area contributed by atoms with Crippen LogP contribution in [-0.2, 0) is 33.3 Å². The summed E-state index contributed by atoms with van der Waals surface area (Å²) >= 11 is 0. The molecule has 1 N–H and O–H groups in total. The van der Waals surface area contributed by atoms with E-state index in [-0.39, 0.29) is 11.1 Å². The van der Waals surface area contributed by atoms with Gasteiger partial charge in [0.25, 0.3) is 17.5 Å². The summed E-state index contributed by atoms with van der Waals surface area (Å²) in [5.74, 6) is -4.97. The van der Waals surface area contributed by atoms with E-state index in [0.717, 1.165) is 25.7 Å². The van der Waals surface area contributed by atoms with Gasteiger partial charge in [0.1, 0.15) is 11.1 Å². The van der Waals surface area contributed by atoms with Gasteiger partial charge in [-0.2, -0.15) is 0 Å². The van der Waals surface area contributed by atoms with E-state index < -0.39 is 35.4 Å². The van der Waals surface area contributed by atoms with Crippen molar-refractivity contribution in [3.63, 3.8) is 0 Å². The smallest absolute Gasteiger partial charge is 0.348 e. The average molecular weight is 376 g/mol. The molecule has 0 aromatic heterocycles. The normalized spacial score (nSPS) is 26.4. The molecule has 2 heterocycles. The molecule has 0 amide bonds. The van der Waals surface area contributed by atoms with Gasteiger partial charge in [-0.05, 0) is 37.8 Å². The van der Waals surface area contributed by atoms with Crippen LogP contribution in [0.3, 0.4) is 0 Å². The fourth-order valence-electron chi connectivity index (χ4n) is 3.87. The molecule has 1 saturated heterocycles. The maximum absolute atomic E-state index is 12.2. The van der Waals surface area contributed by atoms with E-state index >= 15 is 0 Å². The van der Waals surface area contributed by atoms with Gasteiger partial charge in [-0.3, -0.25) is 0 Å². The number of carbonyl (C=O) groups excluding carboxylic acids is 3. The second-order valence-corrected chi connectivity index (χ2v) is 7.16. The first kappa shape index (κ1) is 17.6. The van der Waals surface area contributed by atoms with Crippen LogP contribution >= 0.6 is 0 Å². The van der Waals surface area contributed by atoms with Gasteiger partial charge in [-0.15, -0.1) is 0 Å². The first-order valence-electron chi connectivity index (χ1n) is 9.13. The summed E-state index contributed by atoms with van der Waals surface area (Å²) in [4.78, 5) is 36.5. The van der Waals surface area contributed by atoms with Crippen molar-refractivity contribution >= 4 is 17.9 Å². The van der Waals surface area contributed by atoms with E-state index in [4.69, 9.17) is 18.9 Å². The number of carbonyl (C=O) groups is 3. The lowest BCUT2D eigenvalue weighted by molar-refractivity contribution is -0.235. The van der Waals surface area contributed by atoms with Crippen LogP contribution in [0.25, 0.3) is 0 Å². The summed E-state index contributed by atoms with van der Waals surface area (Å²) in [7, 11) is 0. The van der Waals surface area contributed by atoms with Crippen molar-refractivity contribution in [1.29, 1.82) is 0 Å². The van der Waals surface area contributed by atoms with Crippen molar-refractivity contribution in [3.8, 4) is 0 Å². The van der Waals surface area contributed by atoms with Crippen LogP contribution in [0.2, 0.25) is 0 Å². The number of allylic oxidation sites excluding steroid dienone is 2. The largest absolute Gasteiger partial charge is 0.480 e. The highest BCUT2D eigenvalue weighted by Crippen LogP contribution is 2.40. The van der Waals surface area contributed by atoms with Crippen LogP contribution < -0.4 is 0 Å². The Kier molecular flexibility index (Phi) is 4.20. The molecule has 8 heteroatoms. The third-order valence-corrected chi connectivity index (χ3v) is 5.27. The van der Waals surface area contributed by atoms with Gasteiger partial charge in [-0.25, -0.2) is 14.4 Å². The molecule has 0 aromatic carbocycles. The lowest BCUT2D eigenvalue weighted by atomic mass is 10.1. The molecule has 0 atom stereocenters. The van der Waals surface area contributed by atoms with E-state index in [0.29, 0.717) is 25.7 Å². The summed E-state index contributed by atoms with van der Waals surface area (Å²) in [5.41, 5.74) is -0.463. The standard InChI is InChI=1S/C19H20O8/c20-14-12(15(21)25-18(24-14)8-1-2-9-18)6-5-7-13-16(22)26-19(27-17(13)23)10-3-4-11-19/h5-7,20H,1-4,8-11H2/b6-5+. The number of aliphatic hydroxyl groups is 1. The van der Waals surface area contributed by atoms with Gasteiger partial charge in [0.05, 0.1) is 0 Å². The Hall–Kier alpha value is -2.77. The van der Waals surface area contributed by atoms with Crippen LogP contribution in [0, 0.1) is 0 Å². The Bertz CT molecular complexity index is 754. The van der Waals surface area contributed by atoms with E-state index in [1.807, 2.05) is 0 Å². The third kappa shape index (κ3) is 3.20. The molecular formula is C19H20O8. The van der Waals surface area contributed by atoms with Gasteiger partial charge in [-0.1, -0.05) is 6.08 Å². The molecule has 4 rings (SSSR count). The van der Waals surface area contributed by atoms with Crippen molar-refractivity contribution in [2.75, 3.05) is 0 Å². The van der Waals surface area contributed by atoms with Gasteiger partial charge in [0.15, 0.2) is 0 Å². The minimum atomic E-state index is -1.13. The highest BCUT2D eigenvalue weighted by molar-refractivity contribution is 6.15. The second kappa shape index (κ2) is 6.44. The maximum Gasteiger partial charge on any atom is 0.348 e. The number of hydrogen-bond acceptors (Lipinski definition) is 8. The Morgan fingerprint density at radius 1 is 0.741 bits per heavy atom. The molecule has 27 heavy (non-hydrogen) atoms. The quantitative estimate of drug-likeness (QED) is 0.445. The van der Waals surface area contributed by atoms with Gasteiger partial charge < -0.3 is 24.1 Å². The molecule has 8 nitrogen and oxygen atoms in total. The molecule has 0 aromatic rings. The molecule has 2 aliphatic heterocycles. The lowest BCUT2D eigenvalue weighted by Gasteiger charge is -2.33. The Morgan fingerprint density at radius 3 is 1.74 bits per heavy atom. The zero-order chi connectivity index (χ0) is 19.1. The summed E-state index contributed by atoms with van der Waals surface area (Å²) in [5, 5.41) is 10.0. The molecule has 2 aliphatic carbocycles. The minimum absolute atomic E-state index is 0.186. The van der Waals surface area contributed by atoms with Crippen LogP contribution in [0.1, 0.15) is 51.4 Å². The van der Waals surface area contributed by atoms with Crippen LogP contribution in [0.15, 0.2) is 35.3 Å². The second-order valence-electron chi connectivity index (χ2n) is 7.16. The lowest BCUT2D eigenvalue weighted by Crippen LogP contribution is -2.44. The zero-order valence-corrected chi connectivity index (χ0v) is 14.7. The Morgan fingerprint density at radius 2 is 1.22 bits per heavy atom. The van der Waals surface area contributed by atoms with E-state index in [1.54, 1.807) is 0 Å². The highest BCUT2D eigenvalue weighted by Gasteiger charge is 2.48.